The highest BCUT2D eigenvalue weighted by atomic mass is 35.5. The lowest BCUT2D eigenvalue weighted by molar-refractivity contribution is -0.135. The molecule has 3 N–H and O–H groups in total. The zero-order valence-electron chi connectivity index (χ0n) is 13.7. The molecule has 3 unspecified atom stereocenters. The van der Waals surface area contributed by atoms with Crippen molar-refractivity contribution in [2.45, 2.75) is 44.8 Å². The fourth-order valence-electron chi connectivity index (χ4n) is 3.29. The van der Waals surface area contributed by atoms with Gasteiger partial charge in [0.05, 0.1) is 12.0 Å². The van der Waals surface area contributed by atoms with Crippen LogP contribution in [0.15, 0.2) is 24.3 Å². The normalized spacial score (nSPS) is 25.3. The number of hydrogen-bond donors (Lipinski definition) is 2. The molecule has 1 saturated heterocycles. The number of ether oxygens (including phenoxy) is 1. The summed E-state index contributed by atoms with van der Waals surface area (Å²) in [5.41, 5.74) is 8.13. The highest BCUT2D eigenvalue weighted by Crippen LogP contribution is 2.36. The van der Waals surface area contributed by atoms with Crippen molar-refractivity contribution in [3.8, 4) is 0 Å². The van der Waals surface area contributed by atoms with Crippen molar-refractivity contribution < 1.29 is 9.53 Å². The van der Waals surface area contributed by atoms with Crippen molar-refractivity contribution in [2.24, 2.45) is 17.6 Å². The topological polar surface area (TPSA) is 64.3 Å². The summed E-state index contributed by atoms with van der Waals surface area (Å²) >= 11 is 0. The third kappa shape index (κ3) is 4.46. The molecule has 23 heavy (non-hydrogen) atoms. The minimum absolute atomic E-state index is 0. The van der Waals surface area contributed by atoms with Crippen LogP contribution in [0.3, 0.4) is 0 Å². The molecule has 4 nitrogen and oxygen atoms in total. The van der Waals surface area contributed by atoms with Crippen molar-refractivity contribution in [1.82, 2.24) is 5.32 Å². The predicted molar refractivity (Wildman–Crippen MR) is 93.6 cm³/mol. The number of amides is 1. The molecule has 1 aliphatic carbocycles. The summed E-state index contributed by atoms with van der Waals surface area (Å²) < 4.78 is 5.94. The van der Waals surface area contributed by atoms with Crippen molar-refractivity contribution in [3.05, 3.63) is 35.4 Å². The van der Waals surface area contributed by atoms with Crippen LogP contribution in [0.1, 0.15) is 42.9 Å². The van der Waals surface area contributed by atoms with Gasteiger partial charge in [-0.3, -0.25) is 4.79 Å². The molecule has 1 saturated carbocycles. The maximum absolute atomic E-state index is 12.7. The van der Waals surface area contributed by atoms with Gasteiger partial charge in [-0.2, -0.15) is 0 Å². The number of nitrogens with one attached hydrogen (secondary N) is 1. The van der Waals surface area contributed by atoms with E-state index in [4.69, 9.17) is 10.5 Å². The summed E-state index contributed by atoms with van der Waals surface area (Å²) in [6, 6.07) is 8.44. The minimum atomic E-state index is -0.132. The number of aryl methyl sites for hydroxylation is 1. The molecule has 1 aromatic carbocycles. The number of rotatable bonds is 5. The molecule has 0 spiro atoms. The SMILES string of the molecule is Cc1ccc(C2OCCCC2C(=O)NC(CN)C2CC2)cc1.Cl. The van der Waals surface area contributed by atoms with Crippen LogP contribution in [-0.4, -0.2) is 25.1 Å². The first kappa shape index (κ1) is 18.2. The summed E-state index contributed by atoms with van der Waals surface area (Å²) in [7, 11) is 0. The number of carbonyl (C=O) groups is 1. The molecule has 1 amide bonds. The average Bonchev–Trinajstić information content (AvgIpc) is 3.38. The number of halogens is 1. The summed E-state index contributed by atoms with van der Waals surface area (Å²) in [5, 5.41) is 3.17. The molecule has 1 aliphatic heterocycles. The fraction of sp³-hybridized carbons (Fsp3) is 0.611. The molecular weight excluding hydrogens is 312 g/mol. The number of carbonyl (C=O) groups excluding carboxylic acids is 1. The lowest BCUT2D eigenvalue weighted by Gasteiger charge is -2.32. The Bertz CT molecular complexity index is 516. The summed E-state index contributed by atoms with van der Waals surface area (Å²) in [6.07, 6.45) is 4.06. The lowest BCUT2D eigenvalue weighted by atomic mass is 9.88. The highest BCUT2D eigenvalue weighted by molar-refractivity contribution is 5.85. The molecule has 5 heteroatoms. The Kier molecular flexibility index (Phi) is 6.45. The summed E-state index contributed by atoms with van der Waals surface area (Å²) in [5.74, 6) is 0.577. The Morgan fingerprint density at radius 1 is 1.30 bits per heavy atom. The third-order valence-electron chi connectivity index (χ3n) is 4.84. The summed E-state index contributed by atoms with van der Waals surface area (Å²) in [6.45, 7) is 3.32. The van der Waals surface area contributed by atoms with Gasteiger partial charge in [-0.15, -0.1) is 12.4 Å². The largest absolute Gasteiger partial charge is 0.373 e. The second-order valence-electron chi connectivity index (χ2n) is 6.64. The van der Waals surface area contributed by atoms with Gasteiger partial charge in [0, 0.05) is 19.2 Å². The Labute approximate surface area is 144 Å². The van der Waals surface area contributed by atoms with E-state index in [1.165, 1.54) is 18.4 Å². The first-order valence-electron chi connectivity index (χ1n) is 8.37. The van der Waals surface area contributed by atoms with Gasteiger partial charge in [0.2, 0.25) is 5.91 Å². The predicted octanol–water partition coefficient (Wildman–Crippen LogP) is 2.74. The molecule has 128 valence electrons. The average molecular weight is 339 g/mol. The van der Waals surface area contributed by atoms with E-state index >= 15 is 0 Å². The van der Waals surface area contributed by atoms with Gasteiger partial charge in [-0.05, 0) is 44.1 Å². The summed E-state index contributed by atoms with van der Waals surface area (Å²) in [4.78, 5) is 12.7. The van der Waals surface area contributed by atoms with E-state index in [2.05, 4.69) is 36.5 Å². The molecule has 1 aromatic rings. The van der Waals surface area contributed by atoms with Crippen LogP contribution in [0.5, 0.6) is 0 Å². The van der Waals surface area contributed by atoms with Gasteiger partial charge >= 0.3 is 0 Å². The van der Waals surface area contributed by atoms with Crippen molar-refractivity contribution in [2.75, 3.05) is 13.2 Å². The Balaban J connectivity index is 0.00000192. The van der Waals surface area contributed by atoms with Crippen LogP contribution < -0.4 is 11.1 Å². The maximum Gasteiger partial charge on any atom is 0.226 e. The van der Waals surface area contributed by atoms with E-state index in [1.54, 1.807) is 0 Å². The standard InChI is InChI=1S/C18H26N2O2.ClH/c1-12-4-6-14(7-5-12)17-15(3-2-10-22-17)18(21)20-16(11-19)13-8-9-13;/h4-7,13,15-17H,2-3,8-11,19H2,1H3,(H,20,21);1H. The lowest BCUT2D eigenvalue weighted by Crippen LogP contribution is -2.46. The van der Waals surface area contributed by atoms with Crippen molar-refractivity contribution in [3.63, 3.8) is 0 Å². The van der Waals surface area contributed by atoms with Crippen molar-refractivity contribution >= 4 is 18.3 Å². The van der Waals surface area contributed by atoms with Gasteiger partial charge in [0.25, 0.3) is 0 Å². The van der Waals surface area contributed by atoms with E-state index < -0.39 is 0 Å². The van der Waals surface area contributed by atoms with Crippen LogP contribution in [0.4, 0.5) is 0 Å². The quantitative estimate of drug-likeness (QED) is 0.867. The molecule has 2 fully saturated rings. The second-order valence-corrected chi connectivity index (χ2v) is 6.64. The Morgan fingerprint density at radius 3 is 2.61 bits per heavy atom. The smallest absolute Gasteiger partial charge is 0.226 e. The minimum Gasteiger partial charge on any atom is -0.373 e. The van der Waals surface area contributed by atoms with Gasteiger partial charge < -0.3 is 15.8 Å². The van der Waals surface area contributed by atoms with Gasteiger partial charge in [-0.25, -0.2) is 0 Å². The first-order valence-corrected chi connectivity index (χ1v) is 8.37. The molecule has 0 aromatic heterocycles. The highest BCUT2D eigenvalue weighted by Gasteiger charge is 2.37. The maximum atomic E-state index is 12.7. The van der Waals surface area contributed by atoms with E-state index in [-0.39, 0.29) is 36.4 Å². The Morgan fingerprint density at radius 2 is 2.00 bits per heavy atom. The zero-order valence-corrected chi connectivity index (χ0v) is 14.5. The first-order chi connectivity index (χ1) is 10.7. The zero-order chi connectivity index (χ0) is 15.5. The number of nitrogens with two attached hydrogens (primary N) is 1. The fourth-order valence-corrected chi connectivity index (χ4v) is 3.29. The van der Waals surface area contributed by atoms with E-state index in [0.29, 0.717) is 12.5 Å². The van der Waals surface area contributed by atoms with Gasteiger partial charge in [0.15, 0.2) is 0 Å². The van der Waals surface area contributed by atoms with Crippen LogP contribution in [0, 0.1) is 18.8 Å². The van der Waals surface area contributed by atoms with Gasteiger partial charge in [0.1, 0.15) is 0 Å². The number of benzene rings is 1. The molecular formula is C18H27ClN2O2. The molecule has 0 radical (unpaired) electrons. The molecule has 0 bridgehead atoms. The van der Waals surface area contributed by atoms with Crippen LogP contribution in [-0.2, 0) is 9.53 Å². The van der Waals surface area contributed by atoms with E-state index in [0.717, 1.165) is 25.0 Å². The van der Waals surface area contributed by atoms with Crippen molar-refractivity contribution in [1.29, 1.82) is 0 Å². The molecule has 3 atom stereocenters. The monoisotopic (exact) mass is 338 g/mol. The Hall–Kier alpha value is -1.10. The van der Waals surface area contributed by atoms with Crippen LogP contribution in [0.2, 0.25) is 0 Å². The molecule has 1 heterocycles. The number of hydrogen-bond acceptors (Lipinski definition) is 3. The van der Waals surface area contributed by atoms with E-state index in [1.807, 2.05) is 0 Å². The third-order valence-corrected chi connectivity index (χ3v) is 4.84. The molecule has 3 rings (SSSR count). The van der Waals surface area contributed by atoms with E-state index in [9.17, 15) is 4.79 Å². The van der Waals surface area contributed by atoms with Crippen LogP contribution in [0.25, 0.3) is 0 Å². The second kappa shape index (κ2) is 8.13. The van der Waals surface area contributed by atoms with Gasteiger partial charge in [-0.1, -0.05) is 29.8 Å². The van der Waals surface area contributed by atoms with Crippen LogP contribution >= 0.6 is 12.4 Å². The molecule has 2 aliphatic rings.